The standard InChI is InChI=1S/C8H11N5O/c1-4(2)14-7-5-6(11-3-10-5)12-8(9)13-7/h3-4H,1-2H3,(H3,9,10,11,12,13). The van der Waals surface area contributed by atoms with Gasteiger partial charge >= 0.3 is 0 Å². The van der Waals surface area contributed by atoms with E-state index < -0.39 is 0 Å². The van der Waals surface area contributed by atoms with Crippen molar-refractivity contribution in [3.8, 4) is 5.88 Å². The number of nitrogen functional groups attached to an aromatic ring is 1. The van der Waals surface area contributed by atoms with Gasteiger partial charge in [-0.3, -0.25) is 0 Å². The third-order valence-electron chi connectivity index (χ3n) is 1.61. The third kappa shape index (κ3) is 1.46. The van der Waals surface area contributed by atoms with Gasteiger partial charge in [0.25, 0.3) is 0 Å². The number of H-pyrrole nitrogens is 1. The molecule has 2 rings (SSSR count). The molecule has 0 amide bonds. The summed E-state index contributed by atoms with van der Waals surface area (Å²) in [5, 5.41) is 0. The van der Waals surface area contributed by atoms with E-state index in [0.717, 1.165) is 0 Å². The zero-order valence-corrected chi connectivity index (χ0v) is 7.98. The van der Waals surface area contributed by atoms with Crippen molar-refractivity contribution in [3.63, 3.8) is 0 Å². The van der Waals surface area contributed by atoms with E-state index in [1.54, 1.807) is 0 Å². The Balaban J connectivity index is 2.55. The van der Waals surface area contributed by atoms with Crippen LogP contribution in [0.3, 0.4) is 0 Å². The number of nitrogens with zero attached hydrogens (tertiary/aromatic N) is 3. The molecule has 6 nitrogen and oxygen atoms in total. The average Bonchev–Trinajstić information content (AvgIpc) is 2.50. The maximum Gasteiger partial charge on any atom is 0.247 e. The van der Waals surface area contributed by atoms with Gasteiger partial charge in [-0.25, -0.2) is 4.98 Å². The number of fused-ring (bicyclic) bond motifs is 1. The van der Waals surface area contributed by atoms with Crippen LogP contribution in [-0.2, 0) is 0 Å². The number of ether oxygens (including phenoxy) is 1. The van der Waals surface area contributed by atoms with Crippen molar-refractivity contribution in [2.45, 2.75) is 20.0 Å². The fourth-order valence-corrected chi connectivity index (χ4v) is 1.13. The highest BCUT2D eigenvalue weighted by Gasteiger charge is 2.10. The number of imidazole rings is 1. The van der Waals surface area contributed by atoms with E-state index in [9.17, 15) is 0 Å². The van der Waals surface area contributed by atoms with Crippen LogP contribution in [0.1, 0.15) is 13.8 Å². The van der Waals surface area contributed by atoms with Gasteiger partial charge in [-0.1, -0.05) is 0 Å². The fourth-order valence-electron chi connectivity index (χ4n) is 1.13. The van der Waals surface area contributed by atoms with Gasteiger partial charge < -0.3 is 15.5 Å². The van der Waals surface area contributed by atoms with Crippen molar-refractivity contribution in [2.75, 3.05) is 5.73 Å². The molecular weight excluding hydrogens is 182 g/mol. The largest absolute Gasteiger partial charge is 0.473 e. The van der Waals surface area contributed by atoms with Gasteiger partial charge in [0.2, 0.25) is 11.8 Å². The Bertz CT molecular complexity index is 450. The molecule has 0 aliphatic rings. The normalized spacial score (nSPS) is 11.1. The van der Waals surface area contributed by atoms with E-state index in [2.05, 4.69) is 19.9 Å². The van der Waals surface area contributed by atoms with Crippen LogP contribution in [-0.4, -0.2) is 26.0 Å². The molecule has 74 valence electrons. The van der Waals surface area contributed by atoms with Crippen molar-refractivity contribution in [1.82, 2.24) is 19.9 Å². The molecule has 0 aliphatic heterocycles. The van der Waals surface area contributed by atoms with Gasteiger partial charge in [-0.2, -0.15) is 9.97 Å². The molecule has 0 atom stereocenters. The first-order valence-corrected chi connectivity index (χ1v) is 4.30. The number of anilines is 1. The maximum atomic E-state index is 5.51. The summed E-state index contributed by atoms with van der Waals surface area (Å²) >= 11 is 0. The van der Waals surface area contributed by atoms with Crippen molar-refractivity contribution in [2.24, 2.45) is 0 Å². The van der Waals surface area contributed by atoms with Crippen LogP contribution in [0.5, 0.6) is 5.88 Å². The fraction of sp³-hybridized carbons (Fsp3) is 0.375. The van der Waals surface area contributed by atoms with E-state index in [1.807, 2.05) is 13.8 Å². The minimum atomic E-state index is 0.0317. The zero-order valence-electron chi connectivity index (χ0n) is 7.98. The summed E-state index contributed by atoms with van der Waals surface area (Å²) in [4.78, 5) is 14.9. The molecule has 3 N–H and O–H groups in total. The predicted octanol–water partition coefficient (Wildman–Crippen LogP) is 0.722. The molecule has 0 bridgehead atoms. The van der Waals surface area contributed by atoms with E-state index >= 15 is 0 Å². The molecule has 0 unspecified atom stereocenters. The molecule has 0 fully saturated rings. The van der Waals surface area contributed by atoms with Crippen LogP contribution in [0.2, 0.25) is 0 Å². The number of hydrogen-bond acceptors (Lipinski definition) is 5. The Labute approximate surface area is 80.5 Å². The van der Waals surface area contributed by atoms with Crippen LogP contribution in [0.4, 0.5) is 5.95 Å². The summed E-state index contributed by atoms with van der Waals surface area (Å²) < 4.78 is 5.45. The Morgan fingerprint density at radius 1 is 1.43 bits per heavy atom. The number of aromatic amines is 1. The molecule has 0 saturated heterocycles. The van der Waals surface area contributed by atoms with Gasteiger partial charge in [0.05, 0.1) is 12.4 Å². The van der Waals surface area contributed by atoms with Crippen molar-refractivity contribution in [1.29, 1.82) is 0 Å². The topological polar surface area (TPSA) is 89.7 Å². The first kappa shape index (κ1) is 8.74. The van der Waals surface area contributed by atoms with Crippen LogP contribution in [0, 0.1) is 0 Å². The second-order valence-corrected chi connectivity index (χ2v) is 3.15. The maximum absolute atomic E-state index is 5.51. The lowest BCUT2D eigenvalue weighted by Gasteiger charge is -2.08. The Morgan fingerprint density at radius 3 is 2.93 bits per heavy atom. The summed E-state index contributed by atoms with van der Waals surface area (Å²) in [7, 11) is 0. The molecule has 2 aromatic heterocycles. The number of rotatable bonds is 2. The van der Waals surface area contributed by atoms with Crippen LogP contribution in [0.25, 0.3) is 11.2 Å². The van der Waals surface area contributed by atoms with Gasteiger partial charge in [0.15, 0.2) is 11.2 Å². The van der Waals surface area contributed by atoms with E-state index in [-0.39, 0.29) is 12.1 Å². The molecule has 2 heterocycles. The molecule has 0 spiro atoms. The highest BCUT2D eigenvalue weighted by Crippen LogP contribution is 2.20. The van der Waals surface area contributed by atoms with Crippen molar-refractivity contribution >= 4 is 17.1 Å². The number of aromatic nitrogens is 4. The minimum absolute atomic E-state index is 0.0317. The lowest BCUT2D eigenvalue weighted by atomic mass is 10.4. The summed E-state index contributed by atoms with van der Waals surface area (Å²) in [6.07, 6.45) is 1.57. The first-order valence-electron chi connectivity index (χ1n) is 4.30. The summed E-state index contributed by atoms with van der Waals surface area (Å²) in [5.74, 6) is 0.598. The smallest absolute Gasteiger partial charge is 0.247 e. The SMILES string of the molecule is CC(C)Oc1nc(N)nc2[nH]cnc12. The highest BCUT2D eigenvalue weighted by atomic mass is 16.5. The second kappa shape index (κ2) is 3.13. The lowest BCUT2D eigenvalue weighted by molar-refractivity contribution is 0.235. The zero-order chi connectivity index (χ0) is 10.1. The molecule has 0 aromatic carbocycles. The van der Waals surface area contributed by atoms with Crippen LogP contribution >= 0.6 is 0 Å². The quantitative estimate of drug-likeness (QED) is 0.733. The number of hydrogen-bond donors (Lipinski definition) is 2. The number of nitrogens with one attached hydrogen (secondary N) is 1. The van der Waals surface area contributed by atoms with Gasteiger partial charge in [0, 0.05) is 0 Å². The van der Waals surface area contributed by atoms with Crippen LogP contribution in [0.15, 0.2) is 6.33 Å². The van der Waals surface area contributed by atoms with Crippen molar-refractivity contribution in [3.05, 3.63) is 6.33 Å². The Hall–Kier alpha value is -1.85. The summed E-state index contributed by atoms with van der Waals surface area (Å²) in [6, 6.07) is 0. The lowest BCUT2D eigenvalue weighted by Crippen LogP contribution is -2.09. The predicted molar refractivity (Wildman–Crippen MR) is 51.9 cm³/mol. The van der Waals surface area contributed by atoms with E-state index in [1.165, 1.54) is 6.33 Å². The van der Waals surface area contributed by atoms with E-state index in [4.69, 9.17) is 10.5 Å². The molecule has 14 heavy (non-hydrogen) atoms. The number of nitrogens with two attached hydrogens (primary N) is 1. The summed E-state index contributed by atoms with van der Waals surface area (Å²) in [6.45, 7) is 3.83. The molecule has 0 aliphatic carbocycles. The minimum Gasteiger partial charge on any atom is -0.473 e. The Morgan fingerprint density at radius 2 is 2.21 bits per heavy atom. The molecule has 2 aromatic rings. The van der Waals surface area contributed by atoms with Gasteiger partial charge in [-0.15, -0.1) is 0 Å². The Kier molecular flexibility index (Phi) is 1.95. The second-order valence-electron chi connectivity index (χ2n) is 3.15. The van der Waals surface area contributed by atoms with Crippen LogP contribution < -0.4 is 10.5 Å². The van der Waals surface area contributed by atoms with Crippen molar-refractivity contribution < 1.29 is 4.74 Å². The van der Waals surface area contributed by atoms with E-state index in [0.29, 0.717) is 17.0 Å². The molecular formula is C8H11N5O. The first-order chi connectivity index (χ1) is 6.66. The average molecular weight is 193 g/mol. The van der Waals surface area contributed by atoms with Gasteiger partial charge in [-0.05, 0) is 13.8 Å². The van der Waals surface area contributed by atoms with Gasteiger partial charge in [0.1, 0.15) is 0 Å². The summed E-state index contributed by atoms with van der Waals surface area (Å²) in [5.41, 5.74) is 6.71. The molecule has 6 heteroatoms. The molecule has 0 radical (unpaired) electrons. The molecule has 0 saturated carbocycles. The highest BCUT2D eigenvalue weighted by molar-refractivity contribution is 5.76. The third-order valence-corrected chi connectivity index (χ3v) is 1.61. The monoisotopic (exact) mass is 193 g/mol.